The highest BCUT2D eigenvalue weighted by Gasteiger charge is 2.28. The Labute approximate surface area is 83.7 Å². The molecule has 0 heterocycles. The summed E-state index contributed by atoms with van der Waals surface area (Å²) < 4.78 is 0. The van der Waals surface area contributed by atoms with Crippen LogP contribution in [0.25, 0.3) is 0 Å². The Morgan fingerprint density at radius 3 is 2.43 bits per heavy atom. The van der Waals surface area contributed by atoms with E-state index in [-0.39, 0.29) is 5.91 Å². The first-order chi connectivity index (χ1) is 6.52. The highest BCUT2D eigenvalue weighted by molar-refractivity contribution is 5.96. The number of carbonyl (C=O) groups is 2. The fraction of sp³-hybridized carbons (Fsp3) is 0.800. The second-order valence-corrected chi connectivity index (χ2v) is 4.12. The average molecular weight is 199 g/mol. The van der Waals surface area contributed by atoms with E-state index < -0.39 is 11.9 Å². The molecule has 0 spiro atoms. The van der Waals surface area contributed by atoms with Gasteiger partial charge in [-0.3, -0.25) is 9.59 Å². The lowest BCUT2D eigenvalue weighted by Gasteiger charge is -2.12. The number of carbonyl (C=O) groups excluding carboxylic acids is 1. The van der Waals surface area contributed by atoms with Crippen LogP contribution >= 0.6 is 0 Å². The van der Waals surface area contributed by atoms with Crippen molar-refractivity contribution in [2.45, 2.75) is 26.7 Å². The summed E-state index contributed by atoms with van der Waals surface area (Å²) in [5.41, 5.74) is 0. The topological polar surface area (TPSA) is 66.4 Å². The van der Waals surface area contributed by atoms with Crippen LogP contribution in [-0.4, -0.2) is 23.5 Å². The maximum Gasteiger partial charge on any atom is 0.315 e. The summed E-state index contributed by atoms with van der Waals surface area (Å²) in [5.74, 6) is -1.19. The molecular formula is C10H17NO3. The third kappa shape index (κ3) is 3.01. The molecule has 0 bridgehead atoms. The van der Waals surface area contributed by atoms with E-state index in [2.05, 4.69) is 12.2 Å². The van der Waals surface area contributed by atoms with Gasteiger partial charge in [0.1, 0.15) is 5.92 Å². The fourth-order valence-electron chi connectivity index (χ4n) is 1.36. The fourth-order valence-corrected chi connectivity index (χ4v) is 1.36. The molecule has 0 aromatic carbocycles. The van der Waals surface area contributed by atoms with E-state index in [1.165, 1.54) is 19.8 Å². The molecule has 2 atom stereocenters. The zero-order chi connectivity index (χ0) is 10.7. The van der Waals surface area contributed by atoms with Crippen LogP contribution in [0.3, 0.4) is 0 Å². The minimum absolute atomic E-state index is 0.384. The van der Waals surface area contributed by atoms with Crippen molar-refractivity contribution in [1.82, 2.24) is 5.32 Å². The zero-order valence-electron chi connectivity index (χ0n) is 8.62. The summed E-state index contributed by atoms with van der Waals surface area (Å²) >= 11 is 0. The number of amides is 1. The first-order valence-corrected chi connectivity index (χ1v) is 5.03. The minimum atomic E-state index is -1.07. The number of carboxylic acid groups (broad SMARTS) is 1. The van der Waals surface area contributed by atoms with Crippen molar-refractivity contribution >= 4 is 11.9 Å². The molecule has 1 aliphatic carbocycles. The standard InChI is InChI=1S/C10H17NO3/c1-6(8-3-4-8)5-11-9(12)7(2)10(13)14/h6-8H,3-5H2,1-2H3,(H,11,12)(H,13,14). The molecule has 2 unspecified atom stereocenters. The third-order valence-electron chi connectivity index (χ3n) is 2.79. The van der Waals surface area contributed by atoms with Gasteiger partial charge in [-0.1, -0.05) is 6.92 Å². The third-order valence-corrected chi connectivity index (χ3v) is 2.79. The van der Waals surface area contributed by atoms with Crippen LogP contribution in [0.1, 0.15) is 26.7 Å². The molecule has 0 aromatic heterocycles. The molecule has 0 aromatic rings. The van der Waals surface area contributed by atoms with Gasteiger partial charge in [-0.25, -0.2) is 0 Å². The Bertz CT molecular complexity index is 236. The van der Waals surface area contributed by atoms with E-state index >= 15 is 0 Å². The number of rotatable bonds is 5. The predicted molar refractivity (Wildman–Crippen MR) is 51.7 cm³/mol. The smallest absolute Gasteiger partial charge is 0.315 e. The maximum atomic E-state index is 11.2. The van der Waals surface area contributed by atoms with Crippen molar-refractivity contribution < 1.29 is 14.7 Å². The number of carboxylic acids is 1. The van der Waals surface area contributed by atoms with Crippen LogP contribution < -0.4 is 5.32 Å². The molecule has 0 radical (unpaired) electrons. The van der Waals surface area contributed by atoms with Crippen LogP contribution in [0.5, 0.6) is 0 Å². The van der Waals surface area contributed by atoms with Crippen LogP contribution in [0.2, 0.25) is 0 Å². The summed E-state index contributed by atoms with van der Waals surface area (Å²) in [5, 5.41) is 11.2. The summed E-state index contributed by atoms with van der Waals surface area (Å²) in [6.45, 7) is 4.09. The van der Waals surface area contributed by atoms with Crippen molar-refractivity contribution in [2.24, 2.45) is 17.8 Å². The second-order valence-electron chi connectivity index (χ2n) is 4.12. The van der Waals surface area contributed by atoms with Gasteiger partial charge in [-0.2, -0.15) is 0 Å². The van der Waals surface area contributed by atoms with Crippen molar-refractivity contribution in [3.8, 4) is 0 Å². The molecule has 0 aliphatic heterocycles. The predicted octanol–water partition coefficient (Wildman–Crippen LogP) is 0.869. The molecule has 80 valence electrons. The van der Waals surface area contributed by atoms with Crippen LogP contribution in [0, 0.1) is 17.8 Å². The number of hydrogen-bond donors (Lipinski definition) is 2. The highest BCUT2D eigenvalue weighted by atomic mass is 16.4. The molecule has 1 fully saturated rings. The lowest BCUT2D eigenvalue weighted by atomic mass is 10.1. The molecule has 1 rings (SSSR count). The van der Waals surface area contributed by atoms with E-state index in [0.717, 1.165) is 5.92 Å². The van der Waals surface area contributed by atoms with Crippen molar-refractivity contribution in [1.29, 1.82) is 0 Å². The highest BCUT2D eigenvalue weighted by Crippen LogP contribution is 2.36. The second kappa shape index (κ2) is 4.44. The van der Waals surface area contributed by atoms with Crippen molar-refractivity contribution in [3.63, 3.8) is 0 Å². The Kier molecular flexibility index (Phi) is 3.49. The van der Waals surface area contributed by atoms with E-state index in [1.807, 2.05) is 0 Å². The lowest BCUT2D eigenvalue weighted by molar-refractivity contribution is -0.146. The molecule has 1 saturated carbocycles. The molecule has 4 nitrogen and oxygen atoms in total. The van der Waals surface area contributed by atoms with Gasteiger partial charge >= 0.3 is 5.97 Å². The summed E-state index contributed by atoms with van der Waals surface area (Å²) in [7, 11) is 0. The van der Waals surface area contributed by atoms with Crippen molar-refractivity contribution in [2.75, 3.05) is 6.54 Å². The normalized spacial score (nSPS) is 19.9. The minimum Gasteiger partial charge on any atom is -0.481 e. The number of hydrogen-bond acceptors (Lipinski definition) is 2. The van der Waals surface area contributed by atoms with Crippen molar-refractivity contribution in [3.05, 3.63) is 0 Å². The van der Waals surface area contributed by atoms with E-state index in [4.69, 9.17) is 5.11 Å². The maximum absolute atomic E-state index is 11.2. The summed E-state index contributed by atoms with van der Waals surface area (Å²) in [6.07, 6.45) is 2.48. The van der Waals surface area contributed by atoms with Gasteiger partial charge in [-0.15, -0.1) is 0 Å². The molecular weight excluding hydrogens is 182 g/mol. The van der Waals surface area contributed by atoms with Gasteiger partial charge in [0.2, 0.25) is 5.91 Å². The van der Waals surface area contributed by atoms with Crippen LogP contribution in [0.15, 0.2) is 0 Å². The van der Waals surface area contributed by atoms with Crippen LogP contribution in [-0.2, 0) is 9.59 Å². The SMILES string of the molecule is CC(C(=O)O)C(=O)NCC(C)C1CC1. The Balaban J connectivity index is 2.22. The zero-order valence-corrected chi connectivity index (χ0v) is 8.62. The lowest BCUT2D eigenvalue weighted by Crippen LogP contribution is -2.36. The monoisotopic (exact) mass is 199 g/mol. The van der Waals surface area contributed by atoms with Crippen LogP contribution in [0.4, 0.5) is 0 Å². The molecule has 4 heteroatoms. The molecule has 0 saturated heterocycles. The number of nitrogens with one attached hydrogen (secondary N) is 1. The van der Waals surface area contributed by atoms with Gasteiger partial charge in [0.15, 0.2) is 0 Å². The van der Waals surface area contributed by atoms with E-state index in [9.17, 15) is 9.59 Å². The van der Waals surface area contributed by atoms with Gasteiger partial charge in [0.05, 0.1) is 0 Å². The summed E-state index contributed by atoms with van der Waals surface area (Å²) in [4.78, 5) is 21.7. The van der Waals surface area contributed by atoms with E-state index in [1.54, 1.807) is 0 Å². The molecule has 14 heavy (non-hydrogen) atoms. The molecule has 1 aliphatic rings. The first-order valence-electron chi connectivity index (χ1n) is 5.03. The van der Waals surface area contributed by atoms with Gasteiger partial charge < -0.3 is 10.4 Å². The molecule has 1 amide bonds. The Morgan fingerprint density at radius 2 is 2.00 bits per heavy atom. The summed E-state index contributed by atoms with van der Waals surface area (Å²) in [6, 6.07) is 0. The largest absolute Gasteiger partial charge is 0.481 e. The van der Waals surface area contributed by atoms with Gasteiger partial charge in [0.25, 0.3) is 0 Å². The average Bonchev–Trinajstić information content (AvgIpc) is 2.95. The first kappa shape index (κ1) is 11.0. The number of aliphatic carboxylic acids is 1. The van der Waals surface area contributed by atoms with Gasteiger partial charge in [0, 0.05) is 6.54 Å². The Morgan fingerprint density at radius 1 is 1.43 bits per heavy atom. The molecule has 2 N–H and O–H groups in total. The Hall–Kier alpha value is -1.06. The van der Waals surface area contributed by atoms with E-state index in [0.29, 0.717) is 12.5 Å². The van der Waals surface area contributed by atoms with Gasteiger partial charge in [-0.05, 0) is 31.6 Å². The quantitative estimate of drug-likeness (QED) is 0.646.